The molecule has 2 aliphatic heterocycles. The summed E-state index contributed by atoms with van der Waals surface area (Å²) in [6, 6.07) is 11.0. The van der Waals surface area contributed by atoms with Gasteiger partial charge in [0.25, 0.3) is 0 Å². The fourth-order valence-electron chi connectivity index (χ4n) is 4.11. The van der Waals surface area contributed by atoms with Gasteiger partial charge in [-0.1, -0.05) is 30.3 Å². The molecule has 0 amide bonds. The Morgan fingerprint density at radius 3 is 2.73 bits per heavy atom. The molecule has 0 radical (unpaired) electrons. The molecule has 1 aromatic heterocycles. The first-order valence-corrected chi connectivity index (χ1v) is 10.7. The molecule has 0 spiro atoms. The number of likely N-dealkylation sites (tertiary alicyclic amines) is 1. The molecule has 1 N–H and O–H groups in total. The summed E-state index contributed by atoms with van der Waals surface area (Å²) in [6.07, 6.45) is 5.22. The van der Waals surface area contributed by atoms with Crippen molar-refractivity contribution >= 4 is 29.9 Å². The number of rotatable bonds is 6. The highest BCUT2D eigenvalue weighted by Gasteiger charge is 2.30. The molecule has 1 unspecified atom stereocenters. The van der Waals surface area contributed by atoms with Gasteiger partial charge >= 0.3 is 0 Å². The van der Waals surface area contributed by atoms with Crippen molar-refractivity contribution in [1.82, 2.24) is 24.9 Å². The lowest BCUT2D eigenvalue weighted by atomic mass is 10.2. The van der Waals surface area contributed by atoms with Gasteiger partial charge in [-0.2, -0.15) is 5.10 Å². The number of aliphatic imine (C=N–C) groups is 1. The van der Waals surface area contributed by atoms with Crippen LogP contribution in [-0.2, 0) is 17.8 Å². The molecule has 4 rings (SSSR count). The van der Waals surface area contributed by atoms with E-state index in [1.807, 2.05) is 16.9 Å². The van der Waals surface area contributed by atoms with E-state index < -0.39 is 0 Å². The van der Waals surface area contributed by atoms with Gasteiger partial charge in [-0.25, -0.2) is 4.99 Å². The van der Waals surface area contributed by atoms with E-state index in [2.05, 4.69) is 57.6 Å². The third kappa shape index (κ3) is 6.18. The van der Waals surface area contributed by atoms with Gasteiger partial charge < -0.3 is 15.0 Å². The standard InChI is InChI=1S/C22H32N6O.HI/c1-2-23-22(27-9-8-21(18-27)26-10-12-29-13-11-26)24-14-20-15-25-28(17-20)16-19-6-4-3-5-7-19;/h3-7,15,17,21H,2,8-14,16,18H2,1H3,(H,23,24);1H. The van der Waals surface area contributed by atoms with E-state index in [4.69, 9.17) is 9.73 Å². The van der Waals surface area contributed by atoms with Gasteiger partial charge in [-0.05, 0) is 18.9 Å². The predicted octanol–water partition coefficient (Wildman–Crippen LogP) is 2.42. The van der Waals surface area contributed by atoms with Crippen LogP contribution in [0, 0.1) is 0 Å². The monoisotopic (exact) mass is 524 g/mol. The number of aromatic nitrogens is 2. The summed E-state index contributed by atoms with van der Waals surface area (Å²) in [5.74, 6) is 1.01. The maximum Gasteiger partial charge on any atom is 0.194 e. The van der Waals surface area contributed by atoms with Crippen molar-refractivity contribution in [1.29, 1.82) is 0 Å². The van der Waals surface area contributed by atoms with E-state index >= 15 is 0 Å². The first-order chi connectivity index (χ1) is 14.3. The van der Waals surface area contributed by atoms with Crippen molar-refractivity contribution in [3.05, 3.63) is 53.9 Å². The normalized spacial score (nSPS) is 20.2. The number of ether oxygens (including phenoxy) is 1. The number of nitrogens with one attached hydrogen (secondary N) is 1. The molecular weight excluding hydrogens is 491 g/mol. The van der Waals surface area contributed by atoms with Crippen LogP contribution in [0.15, 0.2) is 47.7 Å². The van der Waals surface area contributed by atoms with Crippen LogP contribution >= 0.6 is 24.0 Å². The molecule has 0 saturated carbocycles. The number of guanidine groups is 1. The van der Waals surface area contributed by atoms with E-state index in [-0.39, 0.29) is 24.0 Å². The van der Waals surface area contributed by atoms with Gasteiger partial charge in [-0.15, -0.1) is 24.0 Å². The lowest BCUT2D eigenvalue weighted by Crippen LogP contribution is -2.46. The number of hydrogen-bond donors (Lipinski definition) is 1. The van der Waals surface area contributed by atoms with Gasteiger partial charge in [0, 0.05) is 50.5 Å². The van der Waals surface area contributed by atoms with Crippen molar-refractivity contribution < 1.29 is 4.74 Å². The van der Waals surface area contributed by atoms with Crippen LogP contribution in [-0.4, -0.2) is 77.5 Å². The number of benzene rings is 1. The highest BCUT2D eigenvalue weighted by Crippen LogP contribution is 2.17. The summed E-state index contributed by atoms with van der Waals surface area (Å²) in [4.78, 5) is 9.87. The fourth-order valence-corrected chi connectivity index (χ4v) is 4.11. The first kappa shape index (κ1) is 23.0. The summed E-state index contributed by atoms with van der Waals surface area (Å²) in [7, 11) is 0. The molecule has 7 nitrogen and oxygen atoms in total. The molecule has 164 valence electrons. The van der Waals surface area contributed by atoms with Crippen LogP contribution in [0.2, 0.25) is 0 Å². The van der Waals surface area contributed by atoms with Gasteiger partial charge in [0.05, 0.1) is 32.5 Å². The molecule has 0 bridgehead atoms. The minimum atomic E-state index is 0. The number of morpholine rings is 1. The van der Waals surface area contributed by atoms with Crippen LogP contribution < -0.4 is 5.32 Å². The van der Waals surface area contributed by atoms with Crippen LogP contribution in [0.1, 0.15) is 24.5 Å². The van der Waals surface area contributed by atoms with Crippen molar-refractivity contribution in [2.75, 3.05) is 45.9 Å². The Balaban J connectivity index is 0.00000256. The van der Waals surface area contributed by atoms with E-state index in [0.29, 0.717) is 12.6 Å². The quantitative estimate of drug-likeness (QED) is 0.358. The second kappa shape index (κ2) is 11.7. The van der Waals surface area contributed by atoms with Gasteiger partial charge in [0.1, 0.15) is 0 Å². The molecular formula is C22H33IN6O. The molecule has 0 aliphatic carbocycles. The highest BCUT2D eigenvalue weighted by molar-refractivity contribution is 14.0. The summed E-state index contributed by atoms with van der Waals surface area (Å²) >= 11 is 0. The third-order valence-corrected chi connectivity index (χ3v) is 5.65. The highest BCUT2D eigenvalue weighted by atomic mass is 127. The second-order valence-corrected chi connectivity index (χ2v) is 7.74. The lowest BCUT2D eigenvalue weighted by molar-refractivity contribution is 0.0195. The maximum atomic E-state index is 5.50. The fraction of sp³-hybridized carbons (Fsp3) is 0.545. The Labute approximate surface area is 196 Å². The Bertz CT molecular complexity index is 790. The average Bonchev–Trinajstić information content (AvgIpc) is 3.42. The predicted molar refractivity (Wildman–Crippen MR) is 130 cm³/mol. The number of halogens is 1. The van der Waals surface area contributed by atoms with Gasteiger partial charge in [0.15, 0.2) is 5.96 Å². The van der Waals surface area contributed by atoms with Crippen molar-refractivity contribution in [3.8, 4) is 0 Å². The van der Waals surface area contributed by atoms with E-state index in [9.17, 15) is 0 Å². The minimum absolute atomic E-state index is 0. The van der Waals surface area contributed by atoms with E-state index in [1.165, 1.54) is 12.0 Å². The number of hydrogen-bond acceptors (Lipinski definition) is 4. The molecule has 30 heavy (non-hydrogen) atoms. The van der Waals surface area contributed by atoms with Crippen molar-refractivity contribution in [3.63, 3.8) is 0 Å². The van der Waals surface area contributed by atoms with Gasteiger partial charge in [0.2, 0.25) is 0 Å². The summed E-state index contributed by atoms with van der Waals surface area (Å²) in [5, 5.41) is 7.97. The topological polar surface area (TPSA) is 57.9 Å². The summed E-state index contributed by atoms with van der Waals surface area (Å²) in [5.41, 5.74) is 2.39. The largest absolute Gasteiger partial charge is 0.379 e. The Hall–Kier alpha value is -1.65. The zero-order chi connectivity index (χ0) is 19.9. The zero-order valence-corrected chi connectivity index (χ0v) is 20.1. The summed E-state index contributed by atoms with van der Waals surface area (Å²) < 4.78 is 7.48. The van der Waals surface area contributed by atoms with Crippen LogP contribution in [0.25, 0.3) is 0 Å². The molecule has 1 aromatic carbocycles. The maximum absolute atomic E-state index is 5.50. The second-order valence-electron chi connectivity index (χ2n) is 7.74. The average molecular weight is 524 g/mol. The van der Waals surface area contributed by atoms with Crippen LogP contribution in [0.4, 0.5) is 0 Å². The lowest BCUT2D eigenvalue weighted by Gasteiger charge is -2.32. The minimum Gasteiger partial charge on any atom is -0.379 e. The number of nitrogens with zero attached hydrogens (tertiary/aromatic N) is 5. The van der Waals surface area contributed by atoms with E-state index in [0.717, 1.165) is 64.0 Å². The summed E-state index contributed by atoms with van der Waals surface area (Å²) in [6.45, 7) is 10.4. The van der Waals surface area contributed by atoms with Crippen molar-refractivity contribution in [2.45, 2.75) is 32.5 Å². The zero-order valence-electron chi connectivity index (χ0n) is 17.7. The van der Waals surface area contributed by atoms with Crippen LogP contribution in [0.3, 0.4) is 0 Å². The molecule has 1 atom stereocenters. The molecule has 3 heterocycles. The molecule has 2 aromatic rings. The Morgan fingerprint density at radius 2 is 1.97 bits per heavy atom. The van der Waals surface area contributed by atoms with Crippen molar-refractivity contribution in [2.24, 2.45) is 4.99 Å². The van der Waals surface area contributed by atoms with Gasteiger partial charge in [-0.3, -0.25) is 9.58 Å². The third-order valence-electron chi connectivity index (χ3n) is 5.65. The molecule has 8 heteroatoms. The molecule has 2 saturated heterocycles. The van der Waals surface area contributed by atoms with Crippen LogP contribution in [0.5, 0.6) is 0 Å². The Kier molecular flexibility index (Phi) is 8.95. The SMILES string of the molecule is CCNC(=NCc1cnn(Cc2ccccc2)c1)N1CCC(N2CCOCC2)C1.I. The molecule has 2 aliphatic rings. The smallest absolute Gasteiger partial charge is 0.194 e. The molecule has 2 fully saturated rings. The van der Waals surface area contributed by atoms with E-state index in [1.54, 1.807) is 0 Å². The first-order valence-electron chi connectivity index (χ1n) is 10.7. The Morgan fingerprint density at radius 1 is 1.17 bits per heavy atom.